The molecule has 1 saturated heterocycles. The number of benzene rings is 2. The van der Waals surface area contributed by atoms with Gasteiger partial charge in [0.15, 0.2) is 5.82 Å². The molecule has 1 N–H and O–H groups in total. The molecular formula is C25H29F3N4O. The van der Waals surface area contributed by atoms with E-state index in [-0.39, 0.29) is 5.56 Å². The monoisotopic (exact) mass is 458 g/mol. The van der Waals surface area contributed by atoms with Gasteiger partial charge in [-0.1, -0.05) is 12.1 Å². The van der Waals surface area contributed by atoms with Crippen LogP contribution in [0.4, 0.5) is 19.0 Å². The summed E-state index contributed by atoms with van der Waals surface area (Å²) in [6.07, 6.45) is -2.09. The van der Waals surface area contributed by atoms with Crippen LogP contribution < -0.4 is 10.1 Å². The minimum Gasteiger partial charge on any atom is -0.492 e. The van der Waals surface area contributed by atoms with E-state index >= 15 is 0 Å². The number of anilines is 1. The molecule has 2 atom stereocenters. The molecule has 4 rings (SSSR count). The fourth-order valence-corrected chi connectivity index (χ4v) is 4.56. The molecule has 2 aromatic carbocycles. The van der Waals surface area contributed by atoms with Crippen LogP contribution in [0.15, 0.2) is 36.4 Å². The number of hydrogen-bond acceptors (Lipinski definition) is 5. The van der Waals surface area contributed by atoms with Gasteiger partial charge in [-0.3, -0.25) is 0 Å². The van der Waals surface area contributed by atoms with Gasteiger partial charge in [-0.15, -0.1) is 5.10 Å². The summed E-state index contributed by atoms with van der Waals surface area (Å²) in [5.41, 5.74) is 0.928. The minimum atomic E-state index is -4.39. The Kier molecular flexibility index (Phi) is 6.47. The first-order chi connectivity index (χ1) is 15.6. The average Bonchev–Trinajstić information content (AvgIpc) is 3.18. The van der Waals surface area contributed by atoms with Crippen molar-refractivity contribution in [3.8, 4) is 5.75 Å². The first-order valence-electron chi connectivity index (χ1n) is 11.2. The maximum Gasteiger partial charge on any atom is 0.416 e. The highest BCUT2D eigenvalue weighted by Gasteiger charge is 2.33. The van der Waals surface area contributed by atoms with Crippen molar-refractivity contribution in [3.63, 3.8) is 0 Å². The lowest BCUT2D eigenvalue weighted by Crippen LogP contribution is -2.30. The van der Waals surface area contributed by atoms with E-state index < -0.39 is 17.8 Å². The van der Waals surface area contributed by atoms with Crippen molar-refractivity contribution in [1.29, 1.82) is 0 Å². The van der Waals surface area contributed by atoms with Gasteiger partial charge in [0.25, 0.3) is 0 Å². The summed E-state index contributed by atoms with van der Waals surface area (Å²) < 4.78 is 46.2. The van der Waals surface area contributed by atoms with Crippen LogP contribution in [0, 0.1) is 13.8 Å². The fourth-order valence-electron chi connectivity index (χ4n) is 4.56. The highest BCUT2D eigenvalue weighted by atomic mass is 19.4. The number of ether oxygens (including phenoxy) is 1. The molecular weight excluding hydrogens is 429 g/mol. The van der Waals surface area contributed by atoms with Crippen LogP contribution in [0.2, 0.25) is 0 Å². The molecule has 3 aromatic rings. The second kappa shape index (κ2) is 9.17. The number of nitrogens with one attached hydrogen (secondary N) is 1. The Morgan fingerprint density at radius 2 is 1.94 bits per heavy atom. The predicted molar refractivity (Wildman–Crippen MR) is 124 cm³/mol. The molecule has 5 nitrogen and oxygen atoms in total. The van der Waals surface area contributed by atoms with Crippen molar-refractivity contribution < 1.29 is 17.9 Å². The molecule has 0 amide bonds. The molecule has 176 valence electrons. The number of alkyl halides is 3. The summed E-state index contributed by atoms with van der Waals surface area (Å²) in [7, 11) is 2.11. The lowest BCUT2D eigenvalue weighted by Gasteiger charge is -2.21. The van der Waals surface area contributed by atoms with Crippen LogP contribution >= 0.6 is 0 Å². The van der Waals surface area contributed by atoms with Gasteiger partial charge in [-0.05, 0) is 82.6 Å². The highest BCUT2D eigenvalue weighted by molar-refractivity contribution is 5.94. The third kappa shape index (κ3) is 4.90. The Balaban J connectivity index is 1.61. The number of nitrogens with zero attached hydrogens (tertiary/aromatic N) is 3. The molecule has 1 aliphatic heterocycles. The number of aromatic nitrogens is 2. The molecule has 0 unspecified atom stereocenters. The summed E-state index contributed by atoms with van der Waals surface area (Å²) >= 11 is 0. The lowest BCUT2D eigenvalue weighted by molar-refractivity contribution is -0.138. The van der Waals surface area contributed by atoms with E-state index in [1.54, 1.807) is 6.07 Å². The van der Waals surface area contributed by atoms with E-state index in [1.807, 2.05) is 32.0 Å². The standard InChI is InChI=1S/C25H29F3N4O/c1-15-20(8-5-9-23(15)25(26,27)28)16(2)29-24-22-13-19(10-11-21(22)17(3)30-31-24)33-14-18-7-6-12-32(18)4/h5,8-11,13,16,18H,6-7,12,14H2,1-4H3,(H,29,31)/t16-,18-/m1/s1. The summed E-state index contributed by atoms with van der Waals surface area (Å²) in [5.74, 6) is 1.25. The Morgan fingerprint density at radius 1 is 1.15 bits per heavy atom. The number of hydrogen-bond donors (Lipinski definition) is 1. The van der Waals surface area contributed by atoms with Crippen molar-refractivity contribution in [1.82, 2.24) is 15.1 Å². The summed E-state index contributed by atoms with van der Waals surface area (Å²) in [6.45, 7) is 6.91. The van der Waals surface area contributed by atoms with Crippen molar-refractivity contribution in [2.24, 2.45) is 0 Å². The Morgan fingerprint density at radius 3 is 2.64 bits per heavy atom. The normalized spacial score (nSPS) is 18.0. The molecule has 0 bridgehead atoms. The van der Waals surface area contributed by atoms with Crippen LogP contribution in [0.1, 0.15) is 48.2 Å². The minimum absolute atomic E-state index is 0.207. The molecule has 33 heavy (non-hydrogen) atoms. The molecule has 1 aliphatic rings. The maximum atomic E-state index is 13.4. The number of halogens is 3. The van der Waals surface area contributed by atoms with E-state index in [1.165, 1.54) is 19.4 Å². The molecule has 0 saturated carbocycles. The van der Waals surface area contributed by atoms with E-state index in [0.29, 0.717) is 24.0 Å². The van der Waals surface area contributed by atoms with E-state index in [4.69, 9.17) is 4.74 Å². The number of likely N-dealkylation sites (N-methyl/N-ethyl adjacent to an activating group) is 1. The maximum absolute atomic E-state index is 13.4. The molecule has 0 spiro atoms. The molecule has 2 heterocycles. The summed E-state index contributed by atoms with van der Waals surface area (Å²) in [4.78, 5) is 2.31. The van der Waals surface area contributed by atoms with Gasteiger partial charge in [-0.2, -0.15) is 18.3 Å². The number of fused-ring (bicyclic) bond motifs is 1. The zero-order valence-electron chi connectivity index (χ0n) is 19.3. The smallest absolute Gasteiger partial charge is 0.416 e. The average molecular weight is 459 g/mol. The van der Waals surface area contributed by atoms with Crippen molar-refractivity contribution >= 4 is 16.6 Å². The van der Waals surface area contributed by atoms with E-state index in [9.17, 15) is 13.2 Å². The zero-order valence-corrected chi connectivity index (χ0v) is 19.3. The Labute approximate surface area is 192 Å². The number of aryl methyl sites for hydroxylation is 1. The van der Waals surface area contributed by atoms with Gasteiger partial charge < -0.3 is 15.0 Å². The van der Waals surface area contributed by atoms with Gasteiger partial charge in [0, 0.05) is 16.8 Å². The quantitative estimate of drug-likeness (QED) is 0.498. The second-order valence-electron chi connectivity index (χ2n) is 8.81. The van der Waals surface area contributed by atoms with E-state index in [2.05, 4.69) is 27.5 Å². The largest absolute Gasteiger partial charge is 0.492 e. The van der Waals surface area contributed by atoms with Gasteiger partial charge in [0.05, 0.1) is 17.3 Å². The predicted octanol–water partition coefficient (Wildman–Crippen LogP) is 5.91. The van der Waals surface area contributed by atoms with Crippen molar-refractivity contribution in [2.45, 2.75) is 51.9 Å². The number of likely N-dealkylation sites (tertiary alicyclic amines) is 1. The van der Waals surface area contributed by atoms with Gasteiger partial charge >= 0.3 is 6.18 Å². The second-order valence-corrected chi connectivity index (χ2v) is 8.81. The van der Waals surface area contributed by atoms with Crippen molar-refractivity contribution in [3.05, 3.63) is 58.8 Å². The van der Waals surface area contributed by atoms with E-state index in [0.717, 1.165) is 41.2 Å². The van der Waals surface area contributed by atoms with Crippen LogP contribution in [0.25, 0.3) is 10.8 Å². The van der Waals surface area contributed by atoms with Crippen LogP contribution in [-0.2, 0) is 6.18 Å². The summed E-state index contributed by atoms with van der Waals surface area (Å²) in [5, 5.41) is 13.6. The third-order valence-corrected chi connectivity index (χ3v) is 6.55. The molecule has 1 fully saturated rings. The summed E-state index contributed by atoms with van der Waals surface area (Å²) in [6, 6.07) is 10.1. The zero-order chi connectivity index (χ0) is 23.8. The molecule has 1 aromatic heterocycles. The van der Waals surface area contributed by atoms with Crippen molar-refractivity contribution in [2.75, 3.05) is 25.5 Å². The topological polar surface area (TPSA) is 50.3 Å². The third-order valence-electron chi connectivity index (χ3n) is 6.55. The van der Waals surface area contributed by atoms with Gasteiger partial charge in [-0.25, -0.2) is 0 Å². The van der Waals surface area contributed by atoms with Gasteiger partial charge in [0.1, 0.15) is 12.4 Å². The number of rotatable bonds is 6. The van der Waals surface area contributed by atoms with Crippen LogP contribution in [0.3, 0.4) is 0 Å². The lowest BCUT2D eigenvalue weighted by atomic mass is 9.97. The first-order valence-corrected chi connectivity index (χ1v) is 11.2. The molecule has 0 radical (unpaired) electrons. The SMILES string of the molecule is Cc1c([C@@H](C)Nc2nnc(C)c3ccc(OC[C@H]4CCCN4C)cc23)cccc1C(F)(F)F. The van der Waals surface area contributed by atoms with Gasteiger partial charge in [0.2, 0.25) is 0 Å². The first kappa shape index (κ1) is 23.3. The fraction of sp³-hybridized carbons (Fsp3) is 0.440. The highest BCUT2D eigenvalue weighted by Crippen LogP contribution is 2.36. The van der Waals surface area contributed by atoms with Crippen LogP contribution in [0.5, 0.6) is 5.75 Å². The Hall–Kier alpha value is -2.87. The molecule has 0 aliphatic carbocycles. The Bertz CT molecular complexity index is 1150. The van der Waals surface area contributed by atoms with Crippen LogP contribution in [-0.4, -0.2) is 41.3 Å². The molecule has 8 heteroatoms.